The van der Waals surface area contributed by atoms with Crippen LogP contribution in [0.3, 0.4) is 0 Å². The van der Waals surface area contributed by atoms with Crippen molar-refractivity contribution < 1.29 is 9.53 Å². The van der Waals surface area contributed by atoms with E-state index in [0.717, 1.165) is 24.2 Å². The Balaban J connectivity index is 1.71. The number of nitrogens with one attached hydrogen (secondary N) is 2. The van der Waals surface area contributed by atoms with Gasteiger partial charge >= 0.3 is 0 Å². The first kappa shape index (κ1) is 19.0. The minimum absolute atomic E-state index is 0.0362. The number of carbonyl (C=O) groups excluding carboxylic acids is 1. The van der Waals surface area contributed by atoms with Gasteiger partial charge in [0.15, 0.2) is 0 Å². The number of aryl methyl sites for hydroxylation is 1. The molecule has 2 aromatic rings. The molecule has 134 valence electrons. The molecule has 0 spiro atoms. The maximum Gasteiger partial charge on any atom is 0.237 e. The number of hydrogen-bond donors (Lipinski definition) is 2. The molecule has 0 saturated carbocycles. The van der Waals surface area contributed by atoms with E-state index in [1.54, 1.807) is 7.11 Å². The number of benzene rings is 2. The molecule has 0 aliphatic carbocycles. The zero-order valence-corrected chi connectivity index (χ0v) is 15.3. The maximum absolute atomic E-state index is 12.3. The van der Waals surface area contributed by atoms with Crippen LogP contribution in [-0.4, -0.2) is 25.1 Å². The average Bonchev–Trinajstić information content (AvgIpc) is 2.65. The highest BCUT2D eigenvalue weighted by Gasteiger charge is 2.14. The van der Waals surface area contributed by atoms with Crippen LogP contribution in [0.4, 0.5) is 0 Å². The van der Waals surface area contributed by atoms with E-state index >= 15 is 0 Å². The molecule has 2 N–H and O–H groups in total. The van der Waals surface area contributed by atoms with Gasteiger partial charge in [0.1, 0.15) is 5.75 Å². The van der Waals surface area contributed by atoms with Crippen LogP contribution in [0.15, 0.2) is 54.6 Å². The van der Waals surface area contributed by atoms with E-state index in [9.17, 15) is 4.79 Å². The topological polar surface area (TPSA) is 50.4 Å². The molecule has 0 aliphatic rings. The van der Waals surface area contributed by atoms with E-state index < -0.39 is 0 Å². The van der Waals surface area contributed by atoms with E-state index in [2.05, 4.69) is 29.7 Å². The van der Waals surface area contributed by atoms with Crippen LogP contribution in [0.25, 0.3) is 0 Å². The standard InChI is InChI=1S/C21H28N2O2/c1-16(9-10-18-7-5-4-6-8-18)23-21(24)17(2)22-15-19-11-13-20(25-3)14-12-19/h4-8,11-14,16-17,22H,9-10,15H2,1-3H3,(H,23,24)/t16-,17+/m0/s1. The Kier molecular flexibility index (Phi) is 7.48. The number of methoxy groups -OCH3 is 1. The number of ether oxygens (including phenoxy) is 1. The summed E-state index contributed by atoms with van der Waals surface area (Å²) < 4.78 is 5.15. The Labute approximate surface area is 150 Å². The van der Waals surface area contributed by atoms with Gasteiger partial charge in [-0.1, -0.05) is 42.5 Å². The molecule has 0 saturated heterocycles. The molecule has 0 radical (unpaired) electrons. The van der Waals surface area contributed by atoms with Gasteiger partial charge in [0.05, 0.1) is 13.2 Å². The molecular formula is C21H28N2O2. The smallest absolute Gasteiger partial charge is 0.237 e. The molecule has 25 heavy (non-hydrogen) atoms. The summed E-state index contributed by atoms with van der Waals surface area (Å²) in [5.41, 5.74) is 2.42. The zero-order valence-electron chi connectivity index (χ0n) is 15.3. The second-order valence-corrected chi connectivity index (χ2v) is 6.38. The summed E-state index contributed by atoms with van der Waals surface area (Å²) in [4.78, 5) is 12.3. The second kappa shape index (κ2) is 9.84. The predicted molar refractivity (Wildman–Crippen MR) is 102 cm³/mol. The Morgan fingerprint density at radius 3 is 2.32 bits per heavy atom. The van der Waals surface area contributed by atoms with E-state index in [1.807, 2.05) is 49.4 Å². The average molecular weight is 340 g/mol. The van der Waals surface area contributed by atoms with Gasteiger partial charge in [0.2, 0.25) is 5.91 Å². The molecule has 4 heteroatoms. The largest absolute Gasteiger partial charge is 0.497 e. The van der Waals surface area contributed by atoms with Crippen LogP contribution in [0.5, 0.6) is 5.75 Å². The predicted octanol–water partition coefficient (Wildman–Crippen LogP) is 3.31. The highest BCUT2D eigenvalue weighted by molar-refractivity contribution is 5.81. The Bertz CT molecular complexity index is 641. The SMILES string of the molecule is COc1ccc(CN[C@H](C)C(=O)N[C@@H](C)CCc2ccccc2)cc1. The van der Waals surface area contributed by atoms with Gasteiger partial charge in [0, 0.05) is 12.6 Å². The quantitative estimate of drug-likeness (QED) is 0.736. The molecule has 0 aliphatic heterocycles. The van der Waals surface area contributed by atoms with Crippen molar-refractivity contribution in [2.45, 2.75) is 45.3 Å². The number of rotatable bonds is 9. The van der Waals surface area contributed by atoms with Crippen molar-refractivity contribution in [2.24, 2.45) is 0 Å². The summed E-state index contributed by atoms with van der Waals surface area (Å²) in [6, 6.07) is 18.1. The maximum atomic E-state index is 12.3. The van der Waals surface area contributed by atoms with Crippen LogP contribution in [0, 0.1) is 0 Å². The molecule has 4 nitrogen and oxygen atoms in total. The third-order valence-electron chi connectivity index (χ3n) is 4.26. The van der Waals surface area contributed by atoms with Crippen LogP contribution < -0.4 is 15.4 Å². The molecule has 2 aromatic carbocycles. The summed E-state index contributed by atoms with van der Waals surface area (Å²) in [6.45, 7) is 4.59. The van der Waals surface area contributed by atoms with Gasteiger partial charge in [-0.3, -0.25) is 4.79 Å². The summed E-state index contributed by atoms with van der Waals surface area (Å²) in [7, 11) is 1.65. The molecule has 0 heterocycles. The monoisotopic (exact) mass is 340 g/mol. The molecule has 2 rings (SSSR count). The third kappa shape index (κ3) is 6.59. The van der Waals surface area contributed by atoms with E-state index in [1.165, 1.54) is 5.56 Å². The summed E-state index contributed by atoms with van der Waals surface area (Å²) >= 11 is 0. The van der Waals surface area contributed by atoms with Gasteiger partial charge in [-0.05, 0) is 49.9 Å². The first-order chi connectivity index (χ1) is 12.1. The number of amides is 1. The van der Waals surface area contributed by atoms with Crippen LogP contribution in [0.1, 0.15) is 31.4 Å². The molecule has 1 amide bonds. The summed E-state index contributed by atoms with van der Waals surface area (Å²) in [5.74, 6) is 0.871. The van der Waals surface area contributed by atoms with Gasteiger partial charge in [0.25, 0.3) is 0 Å². The fourth-order valence-corrected chi connectivity index (χ4v) is 2.57. The molecular weight excluding hydrogens is 312 g/mol. The van der Waals surface area contributed by atoms with Crippen molar-refractivity contribution in [1.82, 2.24) is 10.6 Å². The fourth-order valence-electron chi connectivity index (χ4n) is 2.57. The van der Waals surface area contributed by atoms with Crippen molar-refractivity contribution in [2.75, 3.05) is 7.11 Å². The second-order valence-electron chi connectivity index (χ2n) is 6.38. The molecule has 0 unspecified atom stereocenters. The zero-order chi connectivity index (χ0) is 18.1. The van der Waals surface area contributed by atoms with Gasteiger partial charge in [-0.2, -0.15) is 0 Å². The molecule has 0 fully saturated rings. The van der Waals surface area contributed by atoms with Crippen molar-refractivity contribution >= 4 is 5.91 Å². The highest BCUT2D eigenvalue weighted by atomic mass is 16.5. The summed E-state index contributed by atoms with van der Waals surface area (Å²) in [6.07, 6.45) is 1.90. The lowest BCUT2D eigenvalue weighted by Crippen LogP contribution is -2.45. The van der Waals surface area contributed by atoms with Gasteiger partial charge in [-0.25, -0.2) is 0 Å². The first-order valence-corrected chi connectivity index (χ1v) is 8.79. The first-order valence-electron chi connectivity index (χ1n) is 8.79. The highest BCUT2D eigenvalue weighted by Crippen LogP contribution is 2.11. The van der Waals surface area contributed by atoms with Gasteiger partial charge < -0.3 is 15.4 Å². The van der Waals surface area contributed by atoms with Crippen molar-refractivity contribution in [3.05, 3.63) is 65.7 Å². The lowest BCUT2D eigenvalue weighted by atomic mass is 10.1. The Morgan fingerprint density at radius 1 is 1.00 bits per heavy atom. The van der Waals surface area contributed by atoms with Crippen molar-refractivity contribution in [3.8, 4) is 5.75 Å². The van der Waals surface area contributed by atoms with Crippen molar-refractivity contribution in [1.29, 1.82) is 0 Å². The number of hydrogen-bond acceptors (Lipinski definition) is 3. The number of carbonyl (C=O) groups is 1. The fraction of sp³-hybridized carbons (Fsp3) is 0.381. The normalized spacial score (nSPS) is 13.1. The summed E-state index contributed by atoms with van der Waals surface area (Å²) in [5, 5.41) is 6.35. The molecule has 0 aromatic heterocycles. The lowest BCUT2D eigenvalue weighted by Gasteiger charge is -2.18. The lowest BCUT2D eigenvalue weighted by molar-refractivity contribution is -0.123. The van der Waals surface area contributed by atoms with Crippen LogP contribution >= 0.6 is 0 Å². The molecule has 0 bridgehead atoms. The van der Waals surface area contributed by atoms with E-state index in [4.69, 9.17) is 4.74 Å². The van der Waals surface area contributed by atoms with E-state index in [0.29, 0.717) is 6.54 Å². The van der Waals surface area contributed by atoms with E-state index in [-0.39, 0.29) is 18.0 Å². The molecule has 2 atom stereocenters. The van der Waals surface area contributed by atoms with Crippen molar-refractivity contribution in [3.63, 3.8) is 0 Å². The Morgan fingerprint density at radius 2 is 1.68 bits per heavy atom. The minimum atomic E-state index is -0.235. The van der Waals surface area contributed by atoms with Crippen LogP contribution in [0.2, 0.25) is 0 Å². The minimum Gasteiger partial charge on any atom is -0.497 e. The Hall–Kier alpha value is -2.33. The third-order valence-corrected chi connectivity index (χ3v) is 4.26. The van der Waals surface area contributed by atoms with Gasteiger partial charge in [-0.15, -0.1) is 0 Å². The van der Waals surface area contributed by atoms with Crippen LogP contribution in [-0.2, 0) is 17.8 Å².